The molecule has 0 aliphatic carbocycles. The Morgan fingerprint density at radius 3 is 2.44 bits per heavy atom. The van der Waals surface area contributed by atoms with Gasteiger partial charge in [-0.05, 0) is 49.1 Å². The molecule has 27 heavy (non-hydrogen) atoms. The van der Waals surface area contributed by atoms with Gasteiger partial charge in [0, 0.05) is 34.8 Å². The molecule has 1 unspecified atom stereocenters. The Kier molecular flexibility index (Phi) is 6.53. The van der Waals surface area contributed by atoms with E-state index >= 15 is 0 Å². The van der Waals surface area contributed by atoms with Gasteiger partial charge in [-0.25, -0.2) is 0 Å². The topological polar surface area (TPSA) is 53.9 Å². The lowest BCUT2D eigenvalue weighted by Crippen LogP contribution is -3.08. The minimum Gasteiger partial charge on any atom is -0.326 e. The summed E-state index contributed by atoms with van der Waals surface area (Å²) in [6.07, 6.45) is 3.59. The van der Waals surface area contributed by atoms with Crippen LogP contribution in [0.3, 0.4) is 0 Å². The monoisotopic (exact) mass is 384 g/mol. The fourth-order valence-electron chi connectivity index (χ4n) is 3.28. The second kappa shape index (κ2) is 9.06. The molecule has 1 saturated heterocycles. The van der Waals surface area contributed by atoms with Crippen molar-refractivity contribution in [3.8, 4) is 0 Å². The molecule has 0 bridgehead atoms. The number of anilines is 2. The van der Waals surface area contributed by atoms with Gasteiger partial charge < -0.3 is 15.1 Å². The van der Waals surface area contributed by atoms with Crippen LogP contribution in [-0.4, -0.2) is 38.2 Å². The minimum absolute atomic E-state index is 0.0155. The molecule has 3 rings (SSSR count). The van der Waals surface area contributed by atoms with Crippen molar-refractivity contribution in [1.29, 1.82) is 0 Å². The summed E-state index contributed by atoms with van der Waals surface area (Å²) in [5, 5.41) is 2.94. The zero-order chi connectivity index (χ0) is 19.2. The molecule has 2 aromatic carbocycles. The van der Waals surface area contributed by atoms with Gasteiger partial charge in [-0.15, -0.1) is 11.8 Å². The quantitative estimate of drug-likeness (QED) is 0.720. The summed E-state index contributed by atoms with van der Waals surface area (Å²) in [7, 11) is 2.02. The van der Waals surface area contributed by atoms with Gasteiger partial charge in [-0.1, -0.05) is 12.1 Å². The van der Waals surface area contributed by atoms with Crippen LogP contribution in [0.1, 0.15) is 18.4 Å². The van der Waals surface area contributed by atoms with Gasteiger partial charge in [-0.2, -0.15) is 0 Å². The van der Waals surface area contributed by atoms with E-state index in [9.17, 15) is 9.59 Å². The largest absolute Gasteiger partial charge is 0.326 e. The van der Waals surface area contributed by atoms with Gasteiger partial charge in [0.15, 0.2) is 6.54 Å². The predicted molar refractivity (Wildman–Crippen MR) is 110 cm³/mol. The smallest absolute Gasteiger partial charge is 0.279 e. The molecule has 1 aliphatic rings. The molecule has 1 atom stereocenters. The molecule has 0 radical (unpaired) electrons. The molecule has 1 aliphatic heterocycles. The first kappa shape index (κ1) is 19.5. The number of quaternary nitrogens is 1. The first-order chi connectivity index (χ1) is 13.0. The molecule has 0 saturated carbocycles. The number of rotatable bonds is 7. The number of carbonyl (C=O) groups excluding carboxylic acids is 2. The van der Waals surface area contributed by atoms with Gasteiger partial charge in [0.25, 0.3) is 5.91 Å². The standard InChI is InChI=1S/C21H25N3O2S/c1-23(14-16-5-11-19(27-2)12-6-16)15-20(25)22-17-7-9-18(10-8-17)24-13-3-4-21(24)26/h5-12H,3-4,13-15H2,1-2H3,(H,22,25)/p+1. The summed E-state index contributed by atoms with van der Waals surface area (Å²) in [6, 6.07) is 16.0. The van der Waals surface area contributed by atoms with Crippen molar-refractivity contribution >= 4 is 35.0 Å². The van der Waals surface area contributed by atoms with Crippen molar-refractivity contribution in [2.75, 3.05) is 36.6 Å². The maximum atomic E-state index is 12.3. The number of carbonyl (C=O) groups is 2. The highest BCUT2D eigenvalue weighted by atomic mass is 32.2. The van der Waals surface area contributed by atoms with Gasteiger partial charge in [0.2, 0.25) is 5.91 Å². The van der Waals surface area contributed by atoms with Crippen molar-refractivity contribution in [1.82, 2.24) is 0 Å². The molecule has 2 N–H and O–H groups in total. The minimum atomic E-state index is -0.0155. The van der Waals surface area contributed by atoms with Crippen molar-refractivity contribution in [3.63, 3.8) is 0 Å². The summed E-state index contributed by atoms with van der Waals surface area (Å²) in [4.78, 5) is 28.3. The lowest BCUT2D eigenvalue weighted by atomic mass is 10.2. The van der Waals surface area contributed by atoms with Crippen LogP contribution >= 0.6 is 11.8 Å². The lowest BCUT2D eigenvalue weighted by Gasteiger charge is -2.17. The highest BCUT2D eigenvalue weighted by Crippen LogP contribution is 2.22. The predicted octanol–water partition coefficient (Wildman–Crippen LogP) is 2.19. The molecule has 0 aromatic heterocycles. The average Bonchev–Trinajstić information content (AvgIpc) is 3.08. The molecule has 6 heteroatoms. The van der Waals surface area contributed by atoms with Crippen LogP contribution < -0.4 is 15.1 Å². The Hall–Kier alpha value is -2.31. The summed E-state index contributed by atoms with van der Waals surface area (Å²) in [6.45, 7) is 1.98. The zero-order valence-corrected chi connectivity index (χ0v) is 16.6. The Morgan fingerprint density at radius 1 is 1.15 bits per heavy atom. The fraction of sp³-hybridized carbons (Fsp3) is 0.333. The highest BCUT2D eigenvalue weighted by molar-refractivity contribution is 7.98. The normalized spacial score (nSPS) is 15.0. The van der Waals surface area contributed by atoms with E-state index < -0.39 is 0 Å². The number of hydrogen-bond acceptors (Lipinski definition) is 3. The van der Waals surface area contributed by atoms with E-state index in [-0.39, 0.29) is 11.8 Å². The number of benzene rings is 2. The van der Waals surface area contributed by atoms with E-state index in [1.165, 1.54) is 10.5 Å². The fourth-order valence-corrected chi connectivity index (χ4v) is 3.69. The number of thioether (sulfide) groups is 1. The number of nitrogens with one attached hydrogen (secondary N) is 2. The number of hydrogen-bond donors (Lipinski definition) is 2. The van der Waals surface area contributed by atoms with Gasteiger partial charge in [0.1, 0.15) is 6.54 Å². The van der Waals surface area contributed by atoms with Crippen LogP contribution in [0, 0.1) is 0 Å². The molecule has 142 valence electrons. The summed E-state index contributed by atoms with van der Waals surface area (Å²) in [5.41, 5.74) is 2.87. The summed E-state index contributed by atoms with van der Waals surface area (Å²) >= 11 is 1.72. The van der Waals surface area contributed by atoms with Crippen molar-refractivity contribution in [2.45, 2.75) is 24.3 Å². The second-order valence-electron chi connectivity index (χ2n) is 6.90. The van der Waals surface area contributed by atoms with Crippen molar-refractivity contribution in [2.24, 2.45) is 0 Å². The maximum Gasteiger partial charge on any atom is 0.279 e. The summed E-state index contributed by atoms with van der Waals surface area (Å²) in [5.74, 6) is 0.154. The number of likely N-dealkylation sites (N-methyl/N-ethyl adjacent to an activating group) is 1. The SMILES string of the molecule is CSc1ccc(C[NH+](C)CC(=O)Nc2ccc(N3CCCC3=O)cc2)cc1. The molecular formula is C21H26N3O2S+. The molecule has 1 fully saturated rings. The molecule has 5 nitrogen and oxygen atoms in total. The molecule has 0 spiro atoms. The molecule has 1 heterocycles. The van der Waals surface area contributed by atoms with Crippen molar-refractivity contribution in [3.05, 3.63) is 54.1 Å². The third-order valence-electron chi connectivity index (χ3n) is 4.66. The Balaban J connectivity index is 1.50. The van der Waals surface area contributed by atoms with E-state index in [1.807, 2.05) is 31.3 Å². The van der Waals surface area contributed by atoms with Gasteiger partial charge >= 0.3 is 0 Å². The zero-order valence-electron chi connectivity index (χ0n) is 15.8. The van der Waals surface area contributed by atoms with Crippen LogP contribution in [0.5, 0.6) is 0 Å². The first-order valence-electron chi connectivity index (χ1n) is 9.19. The number of amides is 2. The van der Waals surface area contributed by atoms with Crippen LogP contribution in [-0.2, 0) is 16.1 Å². The third-order valence-corrected chi connectivity index (χ3v) is 5.41. The Morgan fingerprint density at radius 2 is 1.85 bits per heavy atom. The van der Waals surface area contributed by atoms with E-state index in [0.717, 1.165) is 35.8 Å². The lowest BCUT2D eigenvalue weighted by molar-refractivity contribution is -0.885. The second-order valence-corrected chi connectivity index (χ2v) is 7.78. The van der Waals surface area contributed by atoms with Gasteiger partial charge in [0.05, 0.1) is 7.05 Å². The summed E-state index contributed by atoms with van der Waals surface area (Å²) < 4.78 is 0. The van der Waals surface area contributed by atoms with E-state index in [1.54, 1.807) is 16.7 Å². The van der Waals surface area contributed by atoms with Crippen LogP contribution in [0.15, 0.2) is 53.4 Å². The van der Waals surface area contributed by atoms with E-state index in [2.05, 4.69) is 35.8 Å². The van der Waals surface area contributed by atoms with E-state index in [0.29, 0.717) is 13.0 Å². The van der Waals surface area contributed by atoms with Crippen LogP contribution in [0.2, 0.25) is 0 Å². The van der Waals surface area contributed by atoms with Crippen molar-refractivity contribution < 1.29 is 14.5 Å². The molecule has 2 amide bonds. The molecule has 2 aromatic rings. The maximum absolute atomic E-state index is 12.3. The highest BCUT2D eigenvalue weighted by Gasteiger charge is 2.21. The Labute approximate surface area is 164 Å². The van der Waals surface area contributed by atoms with Crippen LogP contribution in [0.25, 0.3) is 0 Å². The Bertz CT molecular complexity index is 790. The van der Waals surface area contributed by atoms with Gasteiger partial charge in [-0.3, -0.25) is 9.59 Å². The number of nitrogens with zero attached hydrogens (tertiary/aromatic N) is 1. The molecular weight excluding hydrogens is 358 g/mol. The average molecular weight is 385 g/mol. The first-order valence-corrected chi connectivity index (χ1v) is 10.4. The third kappa shape index (κ3) is 5.34. The van der Waals surface area contributed by atoms with E-state index in [4.69, 9.17) is 0 Å². The van der Waals surface area contributed by atoms with Crippen LogP contribution in [0.4, 0.5) is 11.4 Å².